The summed E-state index contributed by atoms with van der Waals surface area (Å²) < 4.78 is 0. The van der Waals surface area contributed by atoms with Crippen molar-refractivity contribution in [2.24, 2.45) is 5.41 Å². The van der Waals surface area contributed by atoms with E-state index in [-0.39, 0.29) is 18.2 Å². The van der Waals surface area contributed by atoms with Gasteiger partial charge in [0.25, 0.3) is 5.91 Å². The maximum Gasteiger partial charge on any atom is 0.325 e. The van der Waals surface area contributed by atoms with E-state index < -0.39 is 17.0 Å². The molecule has 1 heterocycles. The molecule has 0 spiro atoms. The van der Waals surface area contributed by atoms with Crippen LogP contribution in [0.2, 0.25) is 0 Å². The van der Waals surface area contributed by atoms with Crippen LogP contribution in [-0.4, -0.2) is 29.2 Å². The number of rotatable bonds is 3. The zero-order chi connectivity index (χ0) is 16.7. The maximum absolute atomic E-state index is 12.7. The van der Waals surface area contributed by atoms with Gasteiger partial charge in [0.05, 0.1) is 6.54 Å². The van der Waals surface area contributed by atoms with E-state index in [2.05, 4.69) is 5.32 Å². The lowest BCUT2D eigenvalue weighted by Gasteiger charge is -2.23. The van der Waals surface area contributed by atoms with E-state index in [4.69, 9.17) is 0 Å². The third kappa shape index (κ3) is 2.75. The zero-order valence-corrected chi connectivity index (χ0v) is 13.7. The number of ketones is 1. The second-order valence-corrected chi connectivity index (χ2v) is 6.99. The lowest BCUT2D eigenvalue weighted by atomic mass is 9.89. The normalized spacial score (nSPS) is 22.0. The van der Waals surface area contributed by atoms with Crippen LogP contribution in [0, 0.1) is 12.3 Å². The van der Waals surface area contributed by atoms with Crippen LogP contribution in [0.1, 0.15) is 38.8 Å². The molecule has 1 saturated heterocycles. The molecule has 5 heteroatoms. The fraction of sp³-hybridized carbons (Fsp3) is 0.471. The van der Waals surface area contributed by atoms with Crippen molar-refractivity contribution in [2.75, 3.05) is 6.54 Å². The Morgan fingerprint density at radius 2 is 1.73 bits per heavy atom. The fourth-order valence-electron chi connectivity index (χ4n) is 2.30. The first-order chi connectivity index (χ1) is 10.1. The highest BCUT2D eigenvalue weighted by molar-refractivity contribution is 6.09. The molecule has 5 nitrogen and oxygen atoms in total. The van der Waals surface area contributed by atoms with Gasteiger partial charge in [-0.05, 0) is 19.4 Å². The SMILES string of the molecule is Cc1ccc([C@]2(C)NC(=O)N(CC(=O)C(C)(C)C)C2=O)cc1. The number of carbonyl (C=O) groups excluding carboxylic acids is 3. The third-order valence-corrected chi connectivity index (χ3v) is 4.04. The first-order valence-electron chi connectivity index (χ1n) is 7.30. The van der Waals surface area contributed by atoms with Gasteiger partial charge in [0.1, 0.15) is 5.54 Å². The van der Waals surface area contributed by atoms with E-state index in [1.165, 1.54) is 0 Å². The summed E-state index contributed by atoms with van der Waals surface area (Å²) in [5.74, 6) is -0.539. The number of Topliss-reactive ketones (excluding diaryl/α,β-unsaturated/α-hetero) is 1. The van der Waals surface area contributed by atoms with Gasteiger partial charge in [-0.15, -0.1) is 0 Å². The third-order valence-electron chi connectivity index (χ3n) is 4.04. The first kappa shape index (κ1) is 16.2. The molecule has 1 aromatic carbocycles. The quantitative estimate of drug-likeness (QED) is 0.872. The van der Waals surface area contributed by atoms with Crippen LogP contribution in [0.5, 0.6) is 0 Å². The molecule has 1 aliphatic heterocycles. The molecule has 0 aliphatic carbocycles. The second kappa shape index (κ2) is 5.23. The minimum Gasteiger partial charge on any atom is -0.319 e. The molecule has 1 fully saturated rings. The molecule has 2 rings (SSSR count). The van der Waals surface area contributed by atoms with E-state index in [1.54, 1.807) is 27.7 Å². The molecule has 0 bridgehead atoms. The van der Waals surface area contributed by atoms with E-state index in [0.717, 1.165) is 10.5 Å². The highest BCUT2D eigenvalue weighted by Gasteiger charge is 2.49. The number of benzene rings is 1. The highest BCUT2D eigenvalue weighted by Crippen LogP contribution is 2.29. The molecule has 0 radical (unpaired) electrons. The Labute approximate surface area is 130 Å². The van der Waals surface area contributed by atoms with Gasteiger partial charge in [0, 0.05) is 5.41 Å². The van der Waals surface area contributed by atoms with Gasteiger partial charge in [-0.3, -0.25) is 14.5 Å². The minimum atomic E-state index is -1.12. The average molecular weight is 302 g/mol. The predicted molar refractivity (Wildman–Crippen MR) is 83.2 cm³/mol. The highest BCUT2D eigenvalue weighted by atomic mass is 16.2. The monoisotopic (exact) mass is 302 g/mol. The molecule has 22 heavy (non-hydrogen) atoms. The molecule has 1 aliphatic rings. The number of hydrogen-bond acceptors (Lipinski definition) is 3. The van der Waals surface area contributed by atoms with Gasteiger partial charge in [0.15, 0.2) is 5.78 Å². The summed E-state index contributed by atoms with van der Waals surface area (Å²) >= 11 is 0. The standard InChI is InChI=1S/C17H22N2O3/c1-11-6-8-12(9-7-11)17(5)14(21)19(15(22)18-17)10-13(20)16(2,3)4/h6-9H,10H2,1-5H3,(H,18,22)/t17-/m0/s1. The van der Waals surface area contributed by atoms with Crippen molar-refractivity contribution in [3.63, 3.8) is 0 Å². The topological polar surface area (TPSA) is 66.5 Å². The number of imide groups is 1. The van der Waals surface area contributed by atoms with E-state index in [0.29, 0.717) is 5.56 Å². The number of aryl methyl sites for hydroxylation is 1. The first-order valence-corrected chi connectivity index (χ1v) is 7.30. The lowest BCUT2D eigenvalue weighted by Crippen LogP contribution is -2.42. The Balaban J connectivity index is 2.28. The summed E-state index contributed by atoms with van der Waals surface area (Å²) in [6, 6.07) is 6.91. The van der Waals surface area contributed by atoms with Gasteiger partial charge < -0.3 is 5.32 Å². The molecule has 118 valence electrons. The van der Waals surface area contributed by atoms with Gasteiger partial charge in [-0.1, -0.05) is 50.6 Å². The summed E-state index contributed by atoms with van der Waals surface area (Å²) in [4.78, 5) is 38.0. The molecule has 1 aromatic rings. The lowest BCUT2D eigenvalue weighted by molar-refractivity contribution is -0.136. The Hall–Kier alpha value is -2.17. The van der Waals surface area contributed by atoms with Crippen molar-refractivity contribution in [3.05, 3.63) is 35.4 Å². The van der Waals surface area contributed by atoms with Crippen LogP contribution in [0.15, 0.2) is 24.3 Å². The van der Waals surface area contributed by atoms with Crippen molar-refractivity contribution >= 4 is 17.7 Å². The zero-order valence-electron chi connectivity index (χ0n) is 13.7. The van der Waals surface area contributed by atoms with Crippen LogP contribution in [0.3, 0.4) is 0 Å². The predicted octanol–water partition coefficient (Wildman–Crippen LogP) is 2.38. The molecule has 0 saturated carbocycles. The largest absolute Gasteiger partial charge is 0.325 e. The Bertz CT molecular complexity index is 628. The number of carbonyl (C=O) groups is 3. The summed E-state index contributed by atoms with van der Waals surface area (Å²) in [5, 5.41) is 2.71. The number of hydrogen-bond donors (Lipinski definition) is 1. The summed E-state index contributed by atoms with van der Waals surface area (Å²) in [5.41, 5.74) is 0.0675. The summed E-state index contributed by atoms with van der Waals surface area (Å²) in [6.07, 6.45) is 0. The van der Waals surface area contributed by atoms with Gasteiger partial charge >= 0.3 is 6.03 Å². The van der Waals surface area contributed by atoms with Crippen LogP contribution < -0.4 is 5.32 Å². The van der Waals surface area contributed by atoms with Crippen LogP contribution in [0.4, 0.5) is 4.79 Å². The molecular weight excluding hydrogens is 280 g/mol. The number of amides is 3. The van der Waals surface area contributed by atoms with Crippen molar-refractivity contribution < 1.29 is 14.4 Å². The summed E-state index contributed by atoms with van der Waals surface area (Å²) in [7, 11) is 0. The van der Waals surface area contributed by atoms with Crippen molar-refractivity contribution in [3.8, 4) is 0 Å². The van der Waals surface area contributed by atoms with Crippen LogP contribution >= 0.6 is 0 Å². The van der Waals surface area contributed by atoms with Crippen molar-refractivity contribution in [1.82, 2.24) is 10.2 Å². The molecule has 1 N–H and O–H groups in total. The summed E-state index contributed by atoms with van der Waals surface area (Å²) in [6.45, 7) is 8.73. The van der Waals surface area contributed by atoms with Gasteiger partial charge in [0.2, 0.25) is 0 Å². The minimum absolute atomic E-state index is 0.149. The Morgan fingerprint density at radius 1 is 1.18 bits per heavy atom. The number of nitrogens with zero attached hydrogens (tertiary/aromatic N) is 1. The van der Waals surface area contributed by atoms with Crippen LogP contribution in [0.25, 0.3) is 0 Å². The van der Waals surface area contributed by atoms with Crippen LogP contribution in [-0.2, 0) is 15.1 Å². The van der Waals surface area contributed by atoms with E-state index in [1.807, 2.05) is 31.2 Å². The van der Waals surface area contributed by atoms with E-state index >= 15 is 0 Å². The molecular formula is C17H22N2O3. The van der Waals surface area contributed by atoms with Gasteiger partial charge in [-0.2, -0.15) is 0 Å². The number of urea groups is 1. The Kier molecular flexibility index (Phi) is 3.85. The van der Waals surface area contributed by atoms with Crippen molar-refractivity contribution in [2.45, 2.75) is 40.2 Å². The second-order valence-electron chi connectivity index (χ2n) is 6.99. The molecule has 0 aromatic heterocycles. The average Bonchev–Trinajstić information content (AvgIpc) is 2.63. The van der Waals surface area contributed by atoms with E-state index in [9.17, 15) is 14.4 Å². The molecule has 3 amide bonds. The van der Waals surface area contributed by atoms with Gasteiger partial charge in [-0.25, -0.2) is 4.79 Å². The maximum atomic E-state index is 12.7. The van der Waals surface area contributed by atoms with Crippen molar-refractivity contribution in [1.29, 1.82) is 0 Å². The molecule has 1 atom stereocenters. The molecule has 0 unspecified atom stereocenters. The number of nitrogens with one attached hydrogen (secondary N) is 1. The smallest absolute Gasteiger partial charge is 0.319 e. The fourth-order valence-corrected chi connectivity index (χ4v) is 2.30. The Morgan fingerprint density at radius 3 is 2.23 bits per heavy atom.